The molecule has 2 aromatic carbocycles. The number of aliphatic hydroxyl groups is 3. The smallest absolute Gasteiger partial charge is 0.211 e. The molecule has 1 amide bonds. The van der Waals surface area contributed by atoms with Crippen molar-refractivity contribution in [2.45, 2.75) is 63.4 Å². The second-order valence-corrected chi connectivity index (χ2v) is 11.3. The van der Waals surface area contributed by atoms with Gasteiger partial charge in [0.25, 0.3) is 0 Å². The highest BCUT2D eigenvalue weighted by molar-refractivity contribution is 6.31. The van der Waals surface area contributed by atoms with Gasteiger partial charge in [0, 0.05) is 42.2 Å². The fraction of sp³-hybridized carbons (Fsp3) is 0.533. The monoisotopic (exact) mass is 615 g/mol. The summed E-state index contributed by atoms with van der Waals surface area (Å²) in [6.45, 7) is 6.35. The third kappa shape index (κ3) is 12.3. The third-order valence-corrected chi connectivity index (χ3v) is 7.96. The molecule has 7 N–H and O–H groups in total. The van der Waals surface area contributed by atoms with E-state index >= 15 is 0 Å². The normalized spacial score (nSPS) is 19.4. The van der Waals surface area contributed by atoms with Crippen LogP contribution in [-0.2, 0) is 9.59 Å². The van der Waals surface area contributed by atoms with Gasteiger partial charge < -0.3 is 36.5 Å². The molecule has 230 valence electrons. The average Bonchev–Trinajstić information content (AvgIpc) is 3.62. The lowest BCUT2D eigenvalue weighted by molar-refractivity contribution is -0.105. The maximum atomic E-state index is 14.0. The lowest BCUT2D eigenvalue weighted by Gasteiger charge is -2.22. The van der Waals surface area contributed by atoms with Crippen molar-refractivity contribution in [3.05, 3.63) is 63.4 Å². The summed E-state index contributed by atoms with van der Waals surface area (Å²) < 4.78 is 14.0. The van der Waals surface area contributed by atoms with Crippen LogP contribution in [0.5, 0.6) is 0 Å². The number of anilines is 1. The van der Waals surface area contributed by atoms with Gasteiger partial charge in [0.1, 0.15) is 12.6 Å². The Balaban J connectivity index is 0.000000384. The lowest BCUT2D eigenvalue weighted by atomic mass is 9.83. The first-order valence-electron chi connectivity index (χ1n) is 13.7. The first-order valence-corrected chi connectivity index (χ1v) is 14.5. The van der Waals surface area contributed by atoms with Crippen LogP contribution in [0.25, 0.3) is 0 Å². The second kappa shape index (κ2) is 19.9. The van der Waals surface area contributed by atoms with Gasteiger partial charge in [-0.15, -0.1) is 0 Å². The number of nitrogens with one attached hydrogen (secondary N) is 2. The van der Waals surface area contributed by atoms with Crippen LogP contribution in [0.3, 0.4) is 0 Å². The number of amides is 1. The summed E-state index contributed by atoms with van der Waals surface area (Å²) in [6, 6.07) is 10.5. The van der Waals surface area contributed by atoms with Gasteiger partial charge in [-0.05, 0) is 73.0 Å². The molecule has 0 spiro atoms. The molecule has 0 bridgehead atoms. The van der Waals surface area contributed by atoms with Crippen molar-refractivity contribution >= 4 is 42.1 Å². The first-order chi connectivity index (χ1) is 19.7. The van der Waals surface area contributed by atoms with E-state index in [-0.39, 0.29) is 23.5 Å². The van der Waals surface area contributed by atoms with E-state index in [9.17, 15) is 9.18 Å². The van der Waals surface area contributed by atoms with Crippen molar-refractivity contribution in [2.75, 3.05) is 38.2 Å². The molecule has 0 aromatic heterocycles. The van der Waals surface area contributed by atoms with Gasteiger partial charge in [-0.3, -0.25) is 4.79 Å². The zero-order valence-corrected chi connectivity index (χ0v) is 25.1. The van der Waals surface area contributed by atoms with Crippen LogP contribution >= 0.6 is 23.2 Å². The van der Waals surface area contributed by atoms with E-state index in [1.54, 1.807) is 0 Å². The lowest BCUT2D eigenvalue weighted by Crippen LogP contribution is -2.16. The SMILES string of the molecule is C=O.CC1(CCO)CCCC1.NCCC(O)CO.O=CNc1cc(Cl)c(F)cc1C1CNCC1c1cccc(Cl)c1. The summed E-state index contributed by atoms with van der Waals surface area (Å²) in [5.41, 5.74) is 7.88. The molecular weight excluding hydrogens is 572 g/mol. The van der Waals surface area contributed by atoms with Crippen molar-refractivity contribution in [3.8, 4) is 0 Å². The summed E-state index contributed by atoms with van der Waals surface area (Å²) in [4.78, 5) is 18.9. The molecule has 1 aliphatic carbocycles. The second-order valence-electron chi connectivity index (χ2n) is 10.4. The quantitative estimate of drug-likeness (QED) is 0.226. The van der Waals surface area contributed by atoms with Gasteiger partial charge in [0.05, 0.1) is 17.7 Å². The van der Waals surface area contributed by atoms with Gasteiger partial charge in [-0.25, -0.2) is 4.39 Å². The van der Waals surface area contributed by atoms with Crippen molar-refractivity contribution < 1.29 is 29.3 Å². The Labute approximate surface area is 252 Å². The van der Waals surface area contributed by atoms with Crippen LogP contribution in [0.4, 0.5) is 10.1 Å². The Morgan fingerprint density at radius 2 is 1.83 bits per heavy atom. The molecule has 2 fully saturated rings. The number of hydrogen-bond donors (Lipinski definition) is 6. The molecule has 8 nitrogen and oxygen atoms in total. The zero-order chi connectivity index (χ0) is 30.8. The molecule has 1 aliphatic heterocycles. The molecule has 3 unspecified atom stereocenters. The number of rotatable bonds is 9. The molecule has 11 heteroatoms. The third-order valence-electron chi connectivity index (χ3n) is 7.43. The Morgan fingerprint density at radius 3 is 2.37 bits per heavy atom. The van der Waals surface area contributed by atoms with Crippen LogP contribution in [-0.4, -0.2) is 67.5 Å². The molecule has 1 saturated heterocycles. The summed E-state index contributed by atoms with van der Waals surface area (Å²) in [6.07, 6.45) is 6.84. The summed E-state index contributed by atoms with van der Waals surface area (Å²) in [5, 5.41) is 32.0. The highest BCUT2D eigenvalue weighted by atomic mass is 35.5. The van der Waals surface area contributed by atoms with Crippen LogP contribution in [0.2, 0.25) is 10.0 Å². The van der Waals surface area contributed by atoms with Crippen LogP contribution < -0.4 is 16.4 Å². The maximum absolute atomic E-state index is 14.0. The number of carbonyl (C=O) groups excluding carboxylic acids is 2. The number of nitrogens with two attached hydrogens (primary N) is 1. The molecular formula is C30H44Cl2FN3O5. The van der Waals surface area contributed by atoms with Gasteiger partial charge in [-0.1, -0.05) is 55.1 Å². The van der Waals surface area contributed by atoms with Crippen LogP contribution in [0, 0.1) is 11.2 Å². The van der Waals surface area contributed by atoms with E-state index in [0.29, 0.717) is 48.7 Å². The maximum Gasteiger partial charge on any atom is 0.211 e. The Bertz CT molecular complexity index is 1040. The largest absolute Gasteiger partial charge is 0.396 e. The molecule has 0 radical (unpaired) electrons. The van der Waals surface area contributed by atoms with Crippen LogP contribution in [0.1, 0.15) is 68.4 Å². The van der Waals surface area contributed by atoms with Crippen molar-refractivity contribution in [3.63, 3.8) is 0 Å². The fourth-order valence-electron chi connectivity index (χ4n) is 5.18. The van der Waals surface area contributed by atoms with E-state index in [0.717, 1.165) is 24.1 Å². The standard InChI is InChI=1S/C17H15Cl2FN2O.C8H16O.C4H11NO2.CH2O/c18-11-3-1-2-10(4-11)13-7-21-8-14(13)12-5-16(20)15(19)6-17(12)22-9-23;1-8(6-7-9)4-2-3-5-8;5-2-1-4(7)3-6;1-2/h1-6,9,13-14,21H,7-8H2,(H,22,23);9H,2-7H2,1H3;4,6-7H,1-3,5H2;1H2. The predicted octanol–water partition coefficient (Wildman–Crippen LogP) is 4.62. The first kappa shape index (κ1) is 36.9. The molecule has 1 saturated carbocycles. The van der Waals surface area contributed by atoms with E-state index < -0.39 is 11.9 Å². The predicted molar refractivity (Wildman–Crippen MR) is 163 cm³/mol. The van der Waals surface area contributed by atoms with E-state index in [4.69, 9.17) is 49.0 Å². The van der Waals surface area contributed by atoms with Crippen LogP contribution in [0.15, 0.2) is 36.4 Å². The van der Waals surface area contributed by atoms with Gasteiger partial charge in [-0.2, -0.15) is 0 Å². The Kier molecular flexibility index (Phi) is 17.9. The topological polar surface area (TPSA) is 145 Å². The molecule has 2 aromatic rings. The highest BCUT2D eigenvalue weighted by Crippen LogP contribution is 2.41. The summed E-state index contributed by atoms with van der Waals surface area (Å²) >= 11 is 11.9. The van der Waals surface area contributed by atoms with E-state index in [2.05, 4.69) is 17.6 Å². The number of aliphatic hydroxyl groups excluding tert-OH is 3. The van der Waals surface area contributed by atoms with Crippen molar-refractivity contribution in [1.29, 1.82) is 0 Å². The zero-order valence-electron chi connectivity index (χ0n) is 23.6. The molecule has 1 heterocycles. The number of halogens is 3. The van der Waals surface area contributed by atoms with E-state index in [1.165, 1.54) is 37.8 Å². The minimum absolute atomic E-state index is 0.0108. The van der Waals surface area contributed by atoms with Crippen molar-refractivity contribution in [2.24, 2.45) is 11.1 Å². The summed E-state index contributed by atoms with van der Waals surface area (Å²) in [7, 11) is 0. The van der Waals surface area contributed by atoms with Crippen molar-refractivity contribution in [1.82, 2.24) is 5.32 Å². The fourth-order valence-corrected chi connectivity index (χ4v) is 5.54. The Hall–Kier alpha value is -2.11. The number of carbonyl (C=O) groups is 2. The Morgan fingerprint density at radius 1 is 1.17 bits per heavy atom. The minimum atomic E-state index is -0.620. The van der Waals surface area contributed by atoms with Gasteiger partial charge >= 0.3 is 0 Å². The summed E-state index contributed by atoms with van der Waals surface area (Å²) in [5.74, 6) is -0.334. The average molecular weight is 617 g/mol. The molecule has 41 heavy (non-hydrogen) atoms. The highest BCUT2D eigenvalue weighted by Gasteiger charge is 2.32. The molecule has 3 atom stereocenters. The van der Waals surface area contributed by atoms with Gasteiger partial charge in [0.2, 0.25) is 6.41 Å². The van der Waals surface area contributed by atoms with E-state index in [1.807, 2.05) is 31.1 Å². The van der Waals surface area contributed by atoms with Gasteiger partial charge in [0.15, 0.2) is 0 Å². The number of benzene rings is 2. The number of hydrogen-bond acceptors (Lipinski definition) is 7. The molecule has 4 rings (SSSR count). The minimum Gasteiger partial charge on any atom is -0.396 e. The molecule has 2 aliphatic rings.